The van der Waals surface area contributed by atoms with Gasteiger partial charge in [-0.1, -0.05) is 24.6 Å². The molecule has 2 N–H and O–H groups in total. The first-order chi connectivity index (χ1) is 15.7. The highest BCUT2D eigenvalue weighted by Gasteiger charge is 2.38. The molecular weight excluding hydrogens is 468 g/mol. The Balaban J connectivity index is 1.65. The first-order valence-corrected chi connectivity index (χ1v) is 10.3. The first kappa shape index (κ1) is 25.4. The van der Waals surface area contributed by atoms with E-state index < -0.39 is 47.7 Å². The van der Waals surface area contributed by atoms with Crippen molar-refractivity contribution in [3.8, 4) is 0 Å². The van der Waals surface area contributed by atoms with Crippen LogP contribution in [0.25, 0.3) is 0 Å². The Kier molecular flexibility index (Phi) is 7.13. The van der Waals surface area contributed by atoms with Gasteiger partial charge in [-0.25, -0.2) is 9.59 Å². The zero-order chi connectivity index (χ0) is 25.3. The number of amides is 1. The number of carboxylic acid groups (broad SMARTS) is 1. The van der Waals surface area contributed by atoms with Crippen molar-refractivity contribution in [2.45, 2.75) is 44.8 Å². The zero-order valence-electron chi connectivity index (χ0n) is 17.8. The van der Waals surface area contributed by atoms with E-state index in [0.717, 1.165) is 17.2 Å². The van der Waals surface area contributed by atoms with E-state index in [9.17, 15) is 35.9 Å². The molecule has 1 aromatic carbocycles. The number of carbonyl (C=O) groups excluding carboxylic acids is 1. The van der Waals surface area contributed by atoms with E-state index in [2.05, 4.69) is 5.32 Å². The molecule has 2 aliphatic carbocycles. The van der Waals surface area contributed by atoms with Gasteiger partial charge in [0.25, 0.3) is 0 Å². The smallest absolute Gasteiger partial charge is 0.416 e. The molecule has 34 heavy (non-hydrogen) atoms. The molecule has 0 bridgehead atoms. The Morgan fingerprint density at radius 3 is 2.29 bits per heavy atom. The summed E-state index contributed by atoms with van der Waals surface area (Å²) in [5.74, 6) is -1.20. The molecule has 2 aliphatic rings. The van der Waals surface area contributed by atoms with E-state index in [1.165, 1.54) is 6.08 Å². The Morgan fingerprint density at radius 1 is 1.12 bits per heavy atom. The molecule has 0 aromatic heterocycles. The second kappa shape index (κ2) is 9.55. The average Bonchev–Trinajstić information content (AvgIpc) is 3.12. The zero-order valence-corrected chi connectivity index (χ0v) is 17.8. The van der Waals surface area contributed by atoms with Crippen LogP contribution in [-0.2, 0) is 28.5 Å². The third-order valence-corrected chi connectivity index (χ3v) is 5.72. The summed E-state index contributed by atoms with van der Waals surface area (Å²) in [5, 5.41) is 11.4. The molecule has 3 unspecified atom stereocenters. The maximum absolute atomic E-state index is 13.0. The highest BCUT2D eigenvalue weighted by atomic mass is 19.4. The minimum atomic E-state index is -4.99. The Hall–Kier alpha value is -3.24. The summed E-state index contributed by atoms with van der Waals surface area (Å²) in [6, 6.07) is 0.689. The largest absolute Gasteiger partial charge is 0.478 e. The van der Waals surface area contributed by atoms with Crippen molar-refractivity contribution >= 4 is 12.1 Å². The quantitative estimate of drug-likeness (QED) is 0.401. The maximum atomic E-state index is 13.0. The number of alkyl halides is 6. The lowest BCUT2D eigenvalue weighted by atomic mass is 9.80. The van der Waals surface area contributed by atoms with Gasteiger partial charge in [0, 0.05) is 18.0 Å². The fourth-order valence-electron chi connectivity index (χ4n) is 4.35. The van der Waals surface area contributed by atoms with Gasteiger partial charge in [-0.05, 0) is 54.2 Å². The molecule has 0 radical (unpaired) electrons. The van der Waals surface area contributed by atoms with Crippen molar-refractivity contribution in [2.75, 3.05) is 0 Å². The molecule has 0 aliphatic heterocycles. The molecule has 1 aromatic rings. The van der Waals surface area contributed by atoms with Gasteiger partial charge >= 0.3 is 24.4 Å². The molecule has 3 rings (SSSR count). The number of carbonyl (C=O) groups is 2. The number of aliphatic carboxylic acids is 1. The Labute approximate surface area is 190 Å². The van der Waals surface area contributed by atoms with Gasteiger partial charge in [0.05, 0.1) is 11.1 Å². The molecular formula is C23H21F6NO4. The summed E-state index contributed by atoms with van der Waals surface area (Å²) in [6.45, 7) is 1.14. The van der Waals surface area contributed by atoms with Crippen molar-refractivity contribution in [3.05, 3.63) is 70.3 Å². The summed E-state index contributed by atoms with van der Waals surface area (Å²) in [7, 11) is 0. The fraction of sp³-hybridized carbons (Fsp3) is 0.391. The molecule has 1 fully saturated rings. The van der Waals surface area contributed by atoms with Gasteiger partial charge in [-0.15, -0.1) is 0 Å². The van der Waals surface area contributed by atoms with Crippen molar-refractivity contribution in [1.29, 1.82) is 0 Å². The van der Waals surface area contributed by atoms with Crippen molar-refractivity contribution in [2.24, 2.45) is 11.8 Å². The van der Waals surface area contributed by atoms with E-state index in [1.807, 2.05) is 19.1 Å². The number of nitrogens with one attached hydrogen (secondary N) is 1. The second-order valence-electron chi connectivity index (χ2n) is 8.22. The molecule has 184 valence electrons. The van der Waals surface area contributed by atoms with Crippen LogP contribution >= 0.6 is 0 Å². The number of fused-ring (bicyclic) bond motifs is 1. The summed E-state index contributed by atoms with van der Waals surface area (Å²) < 4.78 is 82.8. The monoisotopic (exact) mass is 489 g/mol. The number of hydrogen-bond acceptors (Lipinski definition) is 3. The van der Waals surface area contributed by atoms with Crippen LogP contribution in [0.4, 0.5) is 31.1 Å². The number of ether oxygens (including phenoxy) is 1. The van der Waals surface area contributed by atoms with Gasteiger partial charge in [0.2, 0.25) is 0 Å². The van der Waals surface area contributed by atoms with Crippen LogP contribution in [0.1, 0.15) is 36.5 Å². The number of carboxylic acids is 1. The van der Waals surface area contributed by atoms with E-state index >= 15 is 0 Å². The predicted octanol–water partition coefficient (Wildman–Crippen LogP) is 5.87. The lowest BCUT2D eigenvalue weighted by Gasteiger charge is -2.28. The SMILES string of the molecule is CC1C=C(/C=C/C(=O)O)C=C2CCC(NC(=O)OCc3cc(C(F)(F)F)cc(C(F)(F)F)c3)C21. The molecule has 11 heteroatoms. The van der Waals surface area contributed by atoms with Gasteiger partial charge in [0.1, 0.15) is 6.61 Å². The number of alkyl carbamates (subject to hydrolysis) is 1. The number of allylic oxidation sites excluding steroid dienone is 4. The number of rotatable bonds is 5. The molecule has 3 atom stereocenters. The molecule has 0 spiro atoms. The van der Waals surface area contributed by atoms with E-state index in [0.29, 0.717) is 25.0 Å². The van der Waals surface area contributed by atoms with Crippen LogP contribution in [0.15, 0.2) is 53.6 Å². The van der Waals surface area contributed by atoms with Crippen LogP contribution in [-0.4, -0.2) is 23.2 Å². The van der Waals surface area contributed by atoms with Gasteiger partial charge < -0.3 is 15.2 Å². The van der Waals surface area contributed by atoms with Gasteiger partial charge in [-0.3, -0.25) is 0 Å². The van der Waals surface area contributed by atoms with Crippen LogP contribution in [0.3, 0.4) is 0 Å². The molecule has 5 nitrogen and oxygen atoms in total. The Bertz CT molecular complexity index is 1020. The maximum Gasteiger partial charge on any atom is 0.416 e. The molecule has 1 amide bonds. The van der Waals surface area contributed by atoms with Crippen molar-refractivity contribution in [1.82, 2.24) is 5.32 Å². The van der Waals surface area contributed by atoms with Crippen molar-refractivity contribution < 1.29 is 45.8 Å². The molecule has 0 heterocycles. The van der Waals surface area contributed by atoms with E-state index in [1.54, 1.807) is 0 Å². The van der Waals surface area contributed by atoms with Crippen LogP contribution in [0.5, 0.6) is 0 Å². The van der Waals surface area contributed by atoms with Crippen LogP contribution < -0.4 is 5.32 Å². The standard InChI is InChI=1S/C23H21F6NO4/c1-12-6-13(2-5-19(31)32)7-15-3-4-18(20(12)15)30-21(33)34-11-14-8-16(22(24,25)26)10-17(9-14)23(27,28)29/h2,5-10,12,18,20H,3-4,11H2,1H3,(H,30,33)(H,31,32)/b5-2+. The second-order valence-corrected chi connectivity index (χ2v) is 8.22. The lowest BCUT2D eigenvalue weighted by molar-refractivity contribution is -0.143. The number of hydrogen-bond donors (Lipinski definition) is 2. The fourth-order valence-corrected chi connectivity index (χ4v) is 4.35. The summed E-state index contributed by atoms with van der Waals surface area (Å²) in [5.41, 5.74) is -1.66. The molecule has 0 saturated heterocycles. The van der Waals surface area contributed by atoms with Crippen LogP contribution in [0, 0.1) is 11.8 Å². The normalized spacial score (nSPS) is 22.7. The first-order valence-electron chi connectivity index (χ1n) is 10.3. The van der Waals surface area contributed by atoms with Gasteiger partial charge in [-0.2, -0.15) is 26.3 Å². The predicted molar refractivity (Wildman–Crippen MR) is 108 cm³/mol. The summed E-state index contributed by atoms with van der Waals surface area (Å²) in [4.78, 5) is 23.0. The highest BCUT2D eigenvalue weighted by Crippen LogP contribution is 2.41. The number of benzene rings is 1. The summed E-state index contributed by atoms with van der Waals surface area (Å²) in [6.07, 6.45) is -3.54. The van der Waals surface area contributed by atoms with E-state index in [-0.39, 0.29) is 23.9 Å². The average molecular weight is 489 g/mol. The lowest BCUT2D eigenvalue weighted by Crippen LogP contribution is -2.40. The third kappa shape index (κ3) is 6.21. The molecule has 1 saturated carbocycles. The van der Waals surface area contributed by atoms with E-state index in [4.69, 9.17) is 9.84 Å². The summed E-state index contributed by atoms with van der Waals surface area (Å²) >= 11 is 0. The Morgan fingerprint density at radius 2 is 1.74 bits per heavy atom. The number of halogens is 6. The topological polar surface area (TPSA) is 75.6 Å². The minimum absolute atomic E-state index is 0.00779. The minimum Gasteiger partial charge on any atom is -0.478 e. The van der Waals surface area contributed by atoms with Crippen LogP contribution in [0.2, 0.25) is 0 Å². The highest BCUT2D eigenvalue weighted by molar-refractivity contribution is 5.80. The van der Waals surface area contributed by atoms with Crippen molar-refractivity contribution in [3.63, 3.8) is 0 Å². The third-order valence-electron chi connectivity index (χ3n) is 5.72. The van der Waals surface area contributed by atoms with Gasteiger partial charge in [0.15, 0.2) is 0 Å².